The van der Waals surface area contributed by atoms with Crippen molar-refractivity contribution in [3.05, 3.63) is 83.7 Å². The lowest BCUT2D eigenvalue weighted by molar-refractivity contribution is 0.0697. The number of carbonyl (C=O) groups is 1. The van der Waals surface area contributed by atoms with Crippen LogP contribution in [0.2, 0.25) is 0 Å². The summed E-state index contributed by atoms with van der Waals surface area (Å²) in [4.78, 5) is 16.7. The Morgan fingerprint density at radius 2 is 1.79 bits per heavy atom. The summed E-state index contributed by atoms with van der Waals surface area (Å²) in [6, 6.07) is 22.0. The maximum Gasteiger partial charge on any atom is 0.336 e. The van der Waals surface area contributed by atoms with Gasteiger partial charge in [-0.25, -0.2) is 9.78 Å². The highest BCUT2D eigenvalue weighted by Crippen LogP contribution is 2.28. The largest absolute Gasteiger partial charge is 0.478 e. The van der Waals surface area contributed by atoms with Gasteiger partial charge in [0.05, 0.1) is 16.6 Å². The zero-order valence-corrected chi connectivity index (χ0v) is 23.2. The van der Waals surface area contributed by atoms with E-state index in [4.69, 9.17) is 4.98 Å². The molecule has 0 aliphatic heterocycles. The number of carboxylic acids is 1. The molecule has 2 N–H and O–H groups in total. The Bertz CT molecular complexity index is 1380. The average Bonchev–Trinajstić information content (AvgIpc) is 3.31. The third kappa shape index (κ3) is 6.70. The molecule has 1 fully saturated rings. The van der Waals surface area contributed by atoms with Crippen LogP contribution in [0.3, 0.4) is 0 Å². The molecular formula is C34H41N3O2. The minimum Gasteiger partial charge on any atom is -0.478 e. The molecule has 1 aliphatic carbocycles. The van der Waals surface area contributed by atoms with Gasteiger partial charge in [0, 0.05) is 25.2 Å². The number of fused-ring (bicyclic) bond motifs is 1. The van der Waals surface area contributed by atoms with E-state index >= 15 is 0 Å². The summed E-state index contributed by atoms with van der Waals surface area (Å²) >= 11 is 0. The number of unbranched alkanes of at least 4 members (excludes halogenated alkanes) is 1. The van der Waals surface area contributed by atoms with E-state index in [1.54, 1.807) is 12.1 Å². The molecule has 204 valence electrons. The Labute approximate surface area is 232 Å². The predicted molar refractivity (Wildman–Crippen MR) is 161 cm³/mol. The Morgan fingerprint density at radius 3 is 2.56 bits per heavy atom. The molecule has 0 spiro atoms. The fourth-order valence-electron chi connectivity index (χ4n) is 5.98. The topological polar surface area (TPSA) is 67.2 Å². The molecule has 1 saturated carbocycles. The molecule has 5 heteroatoms. The van der Waals surface area contributed by atoms with Gasteiger partial charge in [0.1, 0.15) is 5.82 Å². The van der Waals surface area contributed by atoms with Crippen molar-refractivity contribution >= 4 is 22.7 Å². The van der Waals surface area contributed by atoms with Gasteiger partial charge in [-0.2, -0.15) is 0 Å². The smallest absolute Gasteiger partial charge is 0.336 e. The maximum atomic E-state index is 11.7. The lowest BCUT2D eigenvalue weighted by Gasteiger charge is -2.21. The first-order valence-electron chi connectivity index (χ1n) is 14.8. The van der Waals surface area contributed by atoms with Crippen molar-refractivity contribution in [3.63, 3.8) is 0 Å². The summed E-state index contributed by atoms with van der Waals surface area (Å²) in [7, 11) is 0. The van der Waals surface area contributed by atoms with Crippen molar-refractivity contribution in [2.75, 3.05) is 11.9 Å². The zero-order chi connectivity index (χ0) is 27.0. The molecule has 0 unspecified atom stereocenters. The molecular weight excluding hydrogens is 482 g/mol. The van der Waals surface area contributed by atoms with Gasteiger partial charge in [-0.1, -0.05) is 87.9 Å². The second-order valence-electron chi connectivity index (χ2n) is 11.0. The number of rotatable bonds is 12. The summed E-state index contributed by atoms with van der Waals surface area (Å²) in [6.45, 7) is 3.97. The number of benzene rings is 3. The van der Waals surface area contributed by atoms with E-state index in [1.807, 2.05) is 24.3 Å². The van der Waals surface area contributed by atoms with Gasteiger partial charge in [-0.05, 0) is 66.1 Å². The van der Waals surface area contributed by atoms with Crippen LogP contribution in [-0.2, 0) is 13.0 Å². The molecule has 1 heterocycles. The molecule has 3 aromatic carbocycles. The number of hydrogen-bond acceptors (Lipinski definition) is 3. The van der Waals surface area contributed by atoms with Crippen LogP contribution in [-0.4, -0.2) is 27.2 Å². The Hall–Kier alpha value is -3.60. The molecule has 5 rings (SSSR count). The van der Waals surface area contributed by atoms with E-state index in [2.05, 4.69) is 47.1 Å². The van der Waals surface area contributed by atoms with Crippen molar-refractivity contribution in [2.24, 2.45) is 5.92 Å². The fraction of sp³-hybridized carbons (Fsp3) is 0.412. The second kappa shape index (κ2) is 13.0. The summed E-state index contributed by atoms with van der Waals surface area (Å²) in [5.74, 6) is 1.15. The van der Waals surface area contributed by atoms with E-state index in [-0.39, 0.29) is 0 Å². The molecule has 5 nitrogen and oxygen atoms in total. The second-order valence-corrected chi connectivity index (χ2v) is 11.0. The lowest BCUT2D eigenvalue weighted by atomic mass is 9.86. The maximum absolute atomic E-state index is 11.7. The van der Waals surface area contributed by atoms with Crippen LogP contribution in [0.25, 0.3) is 22.2 Å². The third-order valence-electron chi connectivity index (χ3n) is 8.19. The molecule has 0 atom stereocenters. The van der Waals surface area contributed by atoms with Crippen molar-refractivity contribution < 1.29 is 9.90 Å². The number of aryl methyl sites for hydroxylation is 1. The number of anilines is 1. The Morgan fingerprint density at radius 1 is 1.00 bits per heavy atom. The summed E-state index contributed by atoms with van der Waals surface area (Å²) in [6.07, 6.45) is 12.8. The molecule has 4 aromatic rings. The van der Waals surface area contributed by atoms with Crippen molar-refractivity contribution in [3.8, 4) is 11.1 Å². The minimum absolute atomic E-state index is 0.325. The van der Waals surface area contributed by atoms with Gasteiger partial charge in [0.2, 0.25) is 0 Å². The van der Waals surface area contributed by atoms with Crippen LogP contribution in [0.5, 0.6) is 0 Å². The summed E-state index contributed by atoms with van der Waals surface area (Å²) in [5.41, 5.74) is 6.53. The highest BCUT2D eigenvalue weighted by Gasteiger charge is 2.15. The van der Waals surface area contributed by atoms with Gasteiger partial charge in [0.25, 0.3) is 0 Å². The van der Waals surface area contributed by atoms with Gasteiger partial charge >= 0.3 is 5.97 Å². The lowest BCUT2D eigenvalue weighted by Crippen LogP contribution is -2.09. The normalized spacial score (nSPS) is 14.1. The molecule has 39 heavy (non-hydrogen) atoms. The van der Waals surface area contributed by atoms with Crippen molar-refractivity contribution in [1.29, 1.82) is 0 Å². The fourth-order valence-corrected chi connectivity index (χ4v) is 5.98. The first kappa shape index (κ1) is 27.0. The third-order valence-corrected chi connectivity index (χ3v) is 8.19. The number of nitrogens with one attached hydrogen (secondary N) is 1. The van der Waals surface area contributed by atoms with Crippen LogP contribution in [0, 0.1) is 5.92 Å². The van der Waals surface area contributed by atoms with E-state index in [0.717, 1.165) is 66.4 Å². The van der Waals surface area contributed by atoms with Gasteiger partial charge in [-0.15, -0.1) is 0 Å². The van der Waals surface area contributed by atoms with Gasteiger partial charge < -0.3 is 15.0 Å². The quantitative estimate of drug-likeness (QED) is 0.183. The zero-order valence-electron chi connectivity index (χ0n) is 23.2. The van der Waals surface area contributed by atoms with Crippen molar-refractivity contribution in [1.82, 2.24) is 9.55 Å². The Kier molecular flexibility index (Phi) is 8.97. The number of aromatic nitrogens is 2. The standard InChI is InChI=1S/C34H41N3O2/c1-2-3-15-33-36-31-21-20-28(35-22-9-12-25-10-5-4-6-11-25)23-32(31)37(33)24-26-16-18-27(19-17-26)29-13-7-8-14-30(29)34(38)39/h7-8,13-14,16-21,23,25,35H,2-6,9-12,15,22,24H2,1H3,(H,38,39). The summed E-state index contributed by atoms with van der Waals surface area (Å²) < 4.78 is 2.36. The minimum atomic E-state index is -0.904. The van der Waals surface area contributed by atoms with E-state index in [9.17, 15) is 9.90 Å². The van der Waals surface area contributed by atoms with E-state index < -0.39 is 5.97 Å². The first-order valence-corrected chi connectivity index (χ1v) is 14.8. The SMILES string of the molecule is CCCCc1nc2ccc(NCCCC3CCCCC3)cc2n1Cc1ccc(-c2ccccc2C(=O)O)cc1. The van der Waals surface area contributed by atoms with Crippen LogP contribution in [0.1, 0.15) is 86.5 Å². The van der Waals surface area contributed by atoms with Crippen LogP contribution < -0.4 is 5.32 Å². The van der Waals surface area contributed by atoms with Crippen molar-refractivity contribution in [2.45, 2.75) is 77.7 Å². The van der Waals surface area contributed by atoms with Crippen LogP contribution >= 0.6 is 0 Å². The molecule has 0 saturated heterocycles. The predicted octanol–water partition coefficient (Wildman–Crippen LogP) is 8.56. The highest BCUT2D eigenvalue weighted by atomic mass is 16.4. The number of imidazole rings is 1. The van der Waals surface area contributed by atoms with Crippen LogP contribution in [0.15, 0.2) is 66.7 Å². The van der Waals surface area contributed by atoms with E-state index in [1.165, 1.54) is 56.0 Å². The number of aromatic carboxylic acids is 1. The van der Waals surface area contributed by atoms with E-state index in [0.29, 0.717) is 5.56 Å². The van der Waals surface area contributed by atoms with Crippen LogP contribution in [0.4, 0.5) is 5.69 Å². The molecule has 0 radical (unpaired) electrons. The molecule has 0 amide bonds. The number of nitrogens with zero attached hydrogens (tertiary/aromatic N) is 2. The monoisotopic (exact) mass is 523 g/mol. The highest BCUT2D eigenvalue weighted by molar-refractivity contribution is 5.96. The molecule has 1 aliphatic rings. The number of carboxylic acid groups (broad SMARTS) is 1. The van der Waals surface area contributed by atoms with Gasteiger partial charge in [0.15, 0.2) is 0 Å². The molecule has 0 bridgehead atoms. The summed E-state index contributed by atoms with van der Waals surface area (Å²) in [5, 5.41) is 13.3. The first-order chi connectivity index (χ1) is 19.1. The van der Waals surface area contributed by atoms with Gasteiger partial charge in [-0.3, -0.25) is 0 Å². The Balaban J connectivity index is 1.33. The molecule has 1 aromatic heterocycles. The average molecular weight is 524 g/mol. The number of hydrogen-bond donors (Lipinski definition) is 2.